The van der Waals surface area contributed by atoms with Crippen molar-refractivity contribution in [2.75, 3.05) is 0 Å². The van der Waals surface area contributed by atoms with Crippen molar-refractivity contribution in [1.82, 2.24) is 10.3 Å². The molecule has 18 heavy (non-hydrogen) atoms. The maximum absolute atomic E-state index is 12.2. The molecule has 3 heteroatoms. The van der Waals surface area contributed by atoms with Gasteiger partial charge in [-0.05, 0) is 38.8 Å². The van der Waals surface area contributed by atoms with Crippen LogP contribution in [0, 0.1) is 13.8 Å². The molecule has 2 N–H and O–H groups in total. The van der Waals surface area contributed by atoms with Gasteiger partial charge in [0.15, 0.2) is 0 Å². The van der Waals surface area contributed by atoms with Crippen LogP contribution in [0.5, 0.6) is 0 Å². The van der Waals surface area contributed by atoms with E-state index in [9.17, 15) is 4.79 Å². The minimum Gasteiger partial charge on any atom is -0.358 e. The van der Waals surface area contributed by atoms with E-state index in [2.05, 4.69) is 24.1 Å². The number of aromatic amines is 1. The Morgan fingerprint density at radius 3 is 2.78 bits per heavy atom. The van der Waals surface area contributed by atoms with Gasteiger partial charge in [-0.1, -0.05) is 19.1 Å². The van der Waals surface area contributed by atoms with E-state index in [-0.39, 0.29) is 11.9 Å². The van der Waals surface area contributed by atoms with Gasteiger partial charge in [-0.3, -0.25) is 4.79 Å². The Kier molecular flexibility index (Phi) is 3.41. The number of carbonyl (C=O) groups is 1. The zero-order valence-corrected chi connectivity index (χ0v) is 11.4. The summed E-state index contributed by atoms with van der Waals surface area (Å²) in [7, 11) is 0. The lowest BCUT2D eigenvalue weighted by Gasteiger charge is -2.11. The third-order valence-electron chi connectivity index (χ3n) is 3.58. The van der Waals surface area contributed by atoms with Gasteiger partial charge in [0.2, 0.25) is 0 Å². The molecular formula is C15H20N2O. The summed E-state index contributed by atoms with van der Waals surface area (Å²) in [6, 6.07) is 6.06. The number of hydrogen-bond donors (Lipinski definition) is 2. The van der Waals surface area contributed by atoms with Crippen LogP contribution in [0.3, 0.4) is 0 Å². The van der Waals surface area contributed by atoms with Gasteiger partial charge in [0.25, 0.3) is 5.91 Å². The maximum Gasteiger partial charge on any atom is 0.253 e. The van der Waals surface area contributed by atoms with Gasteiger partial charge in [-0.25, -0.2) is 0 Å². The first-order chi connectivity index (χ1) is 8.54. The number of aromatic nitrogens is 1. The maximum atomic E-state index is 12.2. The smallest absolute Gasteiger partial charge is 0.253 e. The van der Waals surface area contributed by atoms with Crippen molar-refractivity contribution < 1.29 is 4.79 Å². The predicted octanol–water partition coefficient (Wildman–Crippen LogP) is 3.31. The number of aryl methyl sites for hydroxylation is 2. The monoisotopic (exact) mass is 244 g/mol. The Morgan fingerprint density at radius 1 is 1.39 bits per heavy atom. The van der Waals surface area contributed by atoms with Crippen LogP contribution in [-0.2, 0) is 0 Å². The van der Waals surface area contributed by atoms with Gasteiger partial charge in [0.05, 0.1) is 11.1 Å². The highest BCUT2D eigenvalue weighted by molar-refractivity contribution is 6.06. The Morgan fingerprint density at radius 2 is 2.11 bits per heavy atom. The number of carbonyl (C=O) groups excluding carboxylic acids is 1. The standard InChI is InChI=1S/C15H20N2O/c1-5-9(2)16-15(18)13-8-6-7-12-10(3)11(4)17-14(12)13/h6-9,17H,5H2,1-4H3,(H,16,18)/t9-/m1/s1. The Labute approximate surface area is 108 Å². The molecule has 0 radical (unpaired) electrons. The number of hydrogen-bond acceptors (Lipinski definition) is 1. The van der Waals surface area contributed by atoms with E-state index in [0.717, 1.165) is 28.6 Å². The normalized spacial score (nSPS) is 12.7. The molecule has 0 aliphatic carbocycles. The van der Waals surface area contributed by atoms with E-state index in [1.54, 1.807) is 0 Å². The van der Waals surface area contributed by atoms with Crippen molar-refractivity contribution in [3.8, 4) is 0 Å². The molecule has 0 saturated carbocycles. The van der Waals surface area contributed by atoms with Crippen LogP contribution in [0.15, 0.2) is 18.2 Å². The number of rotatable bonds is 3. The van der Waals surface area contributed by atoms with E-state index in [0.29, 0.717) is 0 Å². The van der Waals surface area contributed by atoms with Crippen LogP contribution in [0.4, 0.5) is 0 Å². The van der Waals surface area contributed by atoms with Gasteiger partial charge in [-0.2, -0.15) is 0 Å². The molecular weight excluding hydrogens is 224 g/mol. The van der Waals surface area contributed by atoms with E-state index < -0.39 is 0 Å². The predicted molar refractivity (Wildman–Crippen MR) is 75.0 cm³/mol. The summed E-state index contributed by atoms with van der Waals surface area (Å²) in [4.78, 5) is 15.5. The molecule has 1 atom stereocenters. The van der Waals surface area contributed by atoms with Crippen molar-refractivity contribution in [3.05, 3.63) is 35.0 Å². The molecule has 1 heterocycles. The molecule has 2 rings (SSSR count). The number of H-pyrrole nitrogens is 1. The summed E-state index contributed by atoms with van der Waals surface area (Å²) < 4.78 is 0. The summed E-state index contributed by atoms with van der Waals surface area (Å²) >= 11 is 0. The molecule has 0 spiro atoms. The van der Waals surface area contributed by atoms with Crippen molar-refractivity contribution in [2.24, 2.45) is 0 Å². The second-order valence-corrected chi connectivity index (χ2v) is 4.89. The topological polar surface area (TPSA) is 44.9 Å². The molecule has 1 aromatic carbocycles. The summed E-state index contributed by atoms with van der Waals surface area (Å²) in [6.45, 7) is 8.19. The molecule has 0 aliphatic rings. The SMILES string of the molecule is CC[C@@H](C)NC(=O)c1cccc2c(C)c(C)[nH]c12. The quantitative estimate of drug-likeness (QED) is 0.854. The van der Waals surface area contributed by atoms with Gasteiger partial charge in [0, 0.05) is 17.1 Å². The molecule has 1 amide bonds. The fourth-order valence-electron chi connectivity index (χ4n) is 2.08. The van der Waals surface area contributed by atoms with E-state index >= 15 is 0 Å². The van der Waals surface area contributed by atoms with Gasteiger partial charge in [-0.15, -0.1) is 0 Å². The van der Waals surface area contributed by atoms with E-state index in [4.69, 9.17) is 0 Å². The molecule has 1 aromatic heterocycles. The first-order valence-corrected chi connectivity index (χ1v) is 6.43. The minimum atomic E-state index is -0.00352. The molecule has 0 bridgehead atoms. The lowest BCUT2D eigenvalue weighted by molar-refractivity contribution is 0.0941. The summed E-state index contributed by atoms with van der Waals surface area (Å²) in [5.41, 5.74) is 3.99. The fraction of sp³-hybridized carbons (Fsp3) is 0.400. The molecule has 3 nitrogen and oxygen atoms in total. The fourth-order valence-corrected chi connectivity index (χ4v) is 2.08. The Balaban J connectivity index is 2.45. The van der Waals surface area contributed by atoms with E-state index in [1.165, 1.54) is 5.56 Å². The zero-order chi connectivity index (χ0) is 13.3. The van der Waals surface area contributed by atoms with Crippen LogP contribution < -0.4 is 5.32 Å². The molecule has 0 fully saturated rings. The van der Waals surface area contributed by atoms with Crippen molar-refractivity contribution >= 4 is 16.8 Å². The molecule has 96 valence electrons. The third kappa shape index (κ3) is 2.13. The number of para-hydroxylation sites is 1. The van der Waals surface area contributed by atoms with Crippen LogP contribution >= 0.6 is 0 Å². The average Bonchev–Trinajstić information content (AvgIpc) is 2.65. The highest BCUT2D eigenvalue weighted by Gasteiger charge is 2.14. The number of amides is 1. The lowest BCUT2D eigenvalue weighted by Crippen LogP contribution is -2.32. The molecule has 0 unspecified atom stereocenters. The van der Waals surface area contributed by atoms with Crippen molar-refractivity contribution in [2.45, 2.75) is 40.2 Å². The van der Waals surface area contributed by atoms with Crippen LogP contribution in [0.2, 0.25) is 0 Å². The minimum absolute atomic E-state index is 0.00352. The van der Waals surface area contributed by atoms with Crippen LogP contribution in [0.25, 0.3) is 10.9 Å². The number of benzene rings is 1. The summed E-state index contributed by atoms with van der Waals surface area (Å²) in [6.07, 6.45) is 0.935. The Hall–Kier alpha value is -1.77. The molecule has 0 saturated heterocycles. The highest BCUT2D eigenvalue weighted by Crippen LogP contribution is 2.24. The number of fused-ring (bicyclic) bond motifs is 1. The Bertz CT molecular complexity index is 583. The largest absolute Gasteiger partial charge is 0.358 e. The lowest BCUT2D eigenvalue weighted by atomic mass is 10.1. The first kappa shape index (κ1) is 12.7. The van der Waals surface area contributed by atoms with Crippen LogP contribution in [0.1, 0.15) is 41.9 Å². The molecule has 2 aromatic rings. The summed E-state index contributed by atoms with van der Waals surface area (Å²) in [5.74, 6) is -0.00352. The number of nitrogens with one attached hydrogen (secondary N) is 2. The average molecular weight is 244 g/mol. The highest BCUT2D eigenvalue weighted by atomic mass is 16.1. The van der Waals surface area contributed by atoms with Gasteiger partial charge in [0.1, 0.15) is 0 Å². The van der Waals surface area contributed by atoms with Gasteiger partial charge >= 0.3 is 0 Å². The second-order valence-electron chi connectivity index (χ2n) is 4.89. The van der Waals surface area contributed by atoms with Gasteiger partial charge < -0.3 is 10.3 Å². The summed E-state index contributed by atoms with van der Waals surface area (Å²) in [5, 5.41) is 4.14. The van der Waals surface area contributed by atoms with Crippen molar-refractivity contribution in [3.63, 3.8) is 0 Å². The third-order valence-corrected chi connectivity index (χ3v) is 3.58. The zero-order valence-electron chi connectivity index (χ0n) is 11.4. The first-order valence-electron chi connectivity index (χ1n) is 6.43. The van der Waals surface area contributed by atoms with Crippen molar-refractivity contribution in [1.29, 1.82) is 0 Å². The van der Waals surface area contributed by atoms with Crippen LogP contribution in [-0.4, -0.2) is 16.9 Å². The van der Waals surface area contributed by atoms with E-state index in [1.807, 2.05) is 32.0 Å². The molecule has 0 aliphatic heterocycles. The second kappa shape index (κ2) is 4.84.